The lowest BCUT2D eigenvalue weighted by atomic mass is 10.2. The number of hydrogen-bond acceptors (Lipinski definition) is 6. The first-order valence-corrected chi connectivity index (χ1v) is 7.35. The van der Waals surface area contributed by atoms with Crippen LogP contribution in [0.1, 0.15) is 32.5 Å². The summed E-state index contributed by atoms with van der Waals surface area (Å²) in [7, 11) is 0. The Labute approximate surface area is 120 Å². The molecule has 2 N–H and O–H groups in total. The predicted molar refractivity (Wildman–Crippen MR) is 79.0 cm³/mol. The Bertz CT molecular complexity index is 428. The molecular weight excluding hydrogens is 256 g/mol. The van der Waals surface area contributed by atoms with Crippen molar-refractivity contribution in [2.24, 2.45) is 0 Å². The van der Waals surface area contributed by atoms with E-state index in [4.69, 9.17) is 4.74 Å². The highest BCUT2D eigenvalue weighted by Crippen LogP contribution is 2.25. The van der Waals surface area contributed by atoms with E-state index in [0.717, 1.165) is 37.6 Å². The fourth-order valence-electron chi connectivity index (χ4n) is 2.49. The number of aliphatic hydroxyl groups is 1. The van der Waals surface area contributed by atoms with E-state index in [1.807, 2.05) is 19.9 Å². The number of hydrogen-bond donors (Lipinski definition) is 2. The van der Waals surface area contributed by atoms with Crippen molar-refractivity contribution < 1.29 is 9.84 Å². The second-order valence-electron chi connectivity index (χ2n) is 4.87. The second-order valence-corrected chi connectivity index (χ2v) is 4.87. The van der Waals surface area contributed by atoms with Crippen LogP contribution >= 0.6 is 0 Å². The first kappa shape index (κ1) is 15.0. The maximum absolute atomic E-state index is 9.46. The standard InChI is InChI=1S/C14H24N4O2/c1-3-15-12-8-14(17-13(16-12)10-20-4-2)18-7-5-6-11(18)9-19/h8,11,19H,3-7,9-10H2,1-2H3,(H,15,16,17). The molecule has 0 saturated carbocycles. The zero-order chi connectivity index (χ0) is 14.4. The van der Waals surface area contributed by atoms with Crippen LogP contribution in [-0.4, -0.2) is 47.4 Å². The van der Waals surface area contributed by atoms with E-state index in [-0.39, 0.29) is 12.6 Å². The quantitative estimate of drug-likeness (QED) is 0.787. The first-order chi connectivity index (χ1) is 9.78. The molecule has 0 aromatic carbocycles. The Morgan fingerprint density at radius 2 is 2.30 bits per heavy atom. The predicted octanol–water partition coefficient (Wildman–Crippen LogP) is 1.41. The van der Waals surface area contributed by atoms with Gasteiger partial charge in [0.2, 0.25) is 0 Å². The molecule has 0 spiro atoms. The Kier molecular flexibility index (Phi) is 5.55. The van der Waals surface area contributed by atoms with Gasteiger partial charge in [-0.1, -0.05) is 0 Å². The number of nitrogens with one attached hydrogen (secondary N) is 1. The molecular formula is C14H24N4O2. The van der Waals surface area contributed by atoms with Gasteiger partial charge in [-0.2, -0.15) is 0 Å². The Morgan fingerprint density at radius 1 is 1.45 bits per heavy atom. The molecule has 6 heteroatoms. The molecule has 112 valence electrons. The second kappa shape index (κ2) is 7.40. The average molecular weight is 280 g/mol. The van der Waals surface area contributed by atoms with Crippen molar-refractivity contribution in [3.05, 3.63) is 11.9 Å². The smallest absolute Gasteiger partial charge is 0.158 e. The van der Waals surface area contributed by atoms with Gasteiger partial charge < -0.3 is 20.1 Å². The van der Waals surface area contributed by atoms with Crippen LogP contribution in [-0.2, 0) is 11.3 Å². The Morgan fingerprint density at radius 3 is 3.00 bits per heavy atom. The summed E-state index contributed by atoms with van der Waals surface area (Å²) in [6.45, 7) is 6.97. The van der Waals surface area contributed by atoms with Crippen LogP contribution in [0.3, 0.4) is 0 Å². The lowest BCUT2D eigenvalue weighted by Gasteiger charge is -2.25. The molecule has 1 aliphatic heterocycles. The number of anilines is 2. The third kappa shape index (κ3) is 3.58. The Hall–Kier alpha value is -1.40. The van der Waals surface area contributed by atoms with Crippen LogP contribution in [0.5, 0.6) is 0 Å². The molecule has 1 unspecified atom stereocenters. The maximum Gasteiger partial charge on any atom is 0.158 e. The summed E-state index contributed by atoms with van der Waals surface area (Å²) in [4.78, 5) is 11.2. The van der Waals surface area contributed by atoms with Crippen LogP contribution in [0.15, 0.2) is 6.07 Å². The van der Waals surface area contributed by atoms with Crippen molar-refractivity contribution in [3.63, 3.8) is 0 Å². The monoisotopic (exact) mass is 280 g/mol. The van der Waals surface area contributed by atoms with Crippen LogP contribution in [0.25, 0.3) is 0 Å². The van der Waals surface area contributed by atoms with Crippen molar-refractivity contribution in [2.45, 2.75) is 39.3 Å². The molecule has 0 aliphatic carbocycles. The largest absolute Gasteiger partial charge is 0.394 e. The van der Waals surface area contributed by atoms with Gasteiger partial charge in [0.1, 0.15) is 18.2 Å². The van der Waals surface area contributed by atoms with Gasteiger partial charge in [-0.15, -0.1) is 0 Å². The highest BCUT2D eigenvalue weighted by molar-refractivity contribution is 5.50. The lowest BCUT2D eigenvalue weighted by Crippen LogP contribution is -2.33. The SMILES string of the molecule is CCNc1cc(N2CCCC2CO)nc(COCC)n1. The summed E-state index contributed by atoms with van der Waals surface area (Å²) in [5.41, 5.74) is 0. The minimum atomic E-state index is 0.166. The lowest BCUT2D eigenvalue weighted by molar-refractivity contribution is 0.128. The summed E-state index contributed by atoms with van der Waals surface area (Å²) >= 11 is 0. The summed E-state index contributed by atoms with van der Waals surface area (Å²) in [5, 5.41) is 12.7. The third-order valence-corrected chi connectivity index (χ3v) is 3.43. The van der Waals surface area contributed by atoms with E-state index >= 15 is 0 Å². The van der Waals surface area contributed by atoms with Crippen molar-refractivity contribution in [3.8, 4) is 0 Å². The van der Waals surface area contributed by atoms with E-state index in [1.165, 1.54) is 0 Å². The van der Waals surface area contributed by atoms with Crippen LogP contribution in [0, 0.1) is 0 Å². The number of aromatic nitrogens is 2. The molecule has 2 rings (SSSR count). The van der Waals surface area contributed by atoms with Gasteiger partial charge in [0.05, 0.1) is 12.6 Å². The van der Waals surface area contributed by atoms with E-state index < -0.39 is 0 Å². The van der Waals surface area contributed by atoms with Crippen molar-refractivity contribution in [2.75, 3.05) is 36.5 Å². The molecule has 0 bridgehead atoms. The summed E-state index contributed by atoms with van der Waals surface area (Å²) < 4.78 is 5.40. The Balaban J connectivity index is 2.23. The van der Waals surface area contributed by atoms with E-state index in [0.29, 0.717) is 19.0 Å². The van der Waals surface area contributed by atoms with E-state index in [9.17, 15) is 5.11 Å². The molecule has 1 aliphatic rings. The van der Waals surface area contributed by atoms with Gasteiger partial charge in [-0.25, -0.2) is 9.97 Å². The molecule has 1 fully saturated rings. The van der Waals surface area contributed by atoms with Gasteiger partial charge in [-0.3, -0.25) is 0 Å². The van der Waals surface area contributed by atoms with Crippen LogP contribution in [0.4, 0.5) is 11.6 Å². The van der Waals surface area contributed by atoms with Crippen LogP contribution < -0.4 is 10.2 Å². The van der Waals surface area contributed by atoms with Gasteiger partial charge in [0.15, 0.2) is 5.82 Å². The van der Waals surface area contributed by atoms with E-state index in [1.54, 1.807) is 0 Å². The van der Waals surface area contributed by atoms with E-state index in [2.05, 4.69) is 20.2 Å². The van der Waals surface area contributed by atoms with Gasteiger partial charge in [-0.05, 0) is 26.7 Å². The number of nitrogens with zero attached hydrogens (tertiary/aromatic N) is 3. The number of rotatable bonds is 7. The fraction of sp³-hybridized carbons (Fsp3) is 0.714. The minimum absolute atomic E-state index is 0.166. The number of aliphatic hydroxyl groups excluding tert-OH is 1. The zero-order valence-electron chi connectivity index (χ0n) is 12.3. The summed E-state index contributed by atoms with van der Waals surface area (Å²) in [5.74, 6) is 2.38. The highest BCUT2D eigenvalue weighted by atomic mass is 16.5. The fourth-order valence-corrected chi connectivity index (χ4v) is 2.49. The normalized spacial score (nSPS) is 18.6. The summed E-state index contributed by atoms with van der Waals surface area (Å²) in [6, 6.07) is 2.12. The molecule has 6 nitrogen and oxygen atoms in total. The van der Waals surface area contributed by atoms with Crippen molar-refractivity contribution in [1.29, 1.82) is 0 Å². The molecule has 0 amide bonds. The molecule has 1 saturated heterocycles. The minimum Gasteiger partial charge on any atom is -0.394 e. The molecule has 1 aromatic heterocycles. The first-order valence-electron chi connectivity index (χ1n) is 7.35. The molecule has 1 aromatic rings. The van der Waals surface area contributed by atoms with Crippen molar-refractivity contribution >= 4 is 11.6 Å². The van der Waals surface area contributed by atoms with Gasteiger partial charge in [0, 0.05) is 25.8 Å². The maximum atomic E-state index is 9.46. The zero-order valence-corrected chi connectivity index (χ0v) is 12.3. The molecule has 1 atom stereocenters. The average Bonchev–Trinajstić information content (AvgIpc) is 2.93. The van der Waals surface area contributed by atoms with Crippen molar-refractivity contribution in [1.82, 2.24) is 9.97 Å². The molecule has 2 heterocycles. The van der Waals surface area contributed by atoms with Crippen LogP contribution in [0.2, 0.25) is 0 Å². The van der Waals surface area contributed by atoms with Gasteiger partial charge in [0.25, 0.3) is 0 Å². The third-order valence-electron chi connectivity index (χ3n) is 3.43. The molecule has 20 heavy (non-hydrogen) atoms. The highest BCUT2D eigenvalue weighted by Gasteiger charge is 2.25. The topological polar surface area (TPSA) is 70.5 Å². The summed E-state index contributed by atoms with van der Waals surface area (Å²) in [6.07, 6.45) is 2.10. The van der Waals surface area contributed by atoms with Gasteiger partial charge >= 0.3 is 0 Å². The molecule has 0 radical (unpaired) electrons. The number of ether oxygens (including phenoxy) is 1.